The molecule has 0 bridgehead atoms. The highest BCUT2D eigenvalue weighted by Gasteiger charge is 2.28. The maximum absolute atomic E-state index is 13.7. The number of halogens is 2. The van der Waals surface area contributed by atoms with E-state index >= 15 is 0 Å². The van der Waals surface area contributed by atoms with Gasteiger partial charge in [0.15, 0.2) is 0 Å². The Kier molecular flexibility index (Phi) is 4.61. The third kappa shape index (κ3) is 3.51. The molecule has 2 aromatic rings. The van der Waals surface area contributed by atoms with Crippen molar-refractivity contribution in [2.75, 3.05) is 6.54 Å². The summed E-state index contributed by atoms with van der Waals surface area (Å²) in [6, 6.07) is 6.09. The van der Waals surface area contributed by atoms with Crippen LogP contribution in [0.25, 0.3) is 0 Å². The van der Waals surface area contributed by atoms with E-state index in [4.69, 9.17) is 0 Å². The number of rotatable bonds is 5. The molecule has 118 valence electrons. The molecule has 1 heterocycles. The third-order valence-corrected chi connectivity index (χ3v) is 3.57. The van der Waals surface area contributed by atoms with Crippen LogP contribution in [0, 0.1) is 11.6 Å². The Labute approximate surface area is 127 Å². The van der Waals surface area contributed by atoms with Gasteiger partial charge >= 0.3 is 0 Å². The fraction of sp³-hybridized carbons (Fsp3) is 0.312. The molecular weight excluding hydrogens is 290 g/mol. The summed E-state index contributed by atoms with van der Waals surface area (Å²) in [7, 11) is 0. The largest absolute Gasteiger partial charge is 0.383 e. The van der Waals surface area contributed by atoms with Crippen LogP contribution < -0.4 is 5.32 Å². The molecule has 0 fully saturated rings. The van der Waals surface area contributed by atoms with E-state index in [0.29, 0.717) is 6.07 Å². The van der Waals surface area contributed by atoms with Gasteiger partial charge in [-0.05, 0) is 32.0 Å². The first-order valence-corrected chi connectivity index (χ1v) is 6.89. The van der Waals surface area contributed by atoms with Gasteiger partial charge in [-0.1, -0.05) is 6.07 Å². The van der Waals surface area contributed by atoms with E-state index in [9.17, 15) is 18.7 Å². The molecule has 0 radical (unpaired) electrons. The van der Waals surface area contributed by atoms with Gasteiger partial charge in [-0.3, -0.25) is 4.79 Å². The number of nitrogens with zero attached hydrogens (tertiary/aromatic N) is 1. The van der Waals surface area contributed by atoms with Crippen LogP contribution in [0.4, 0.5) is 8.78 Å². The number of benzene rings is 1. The predicted octanol–water partition coefficient (Wildman–Crippen LogP) is 2.35. The first kappa shape index (κ1) is 16.2. The molecule has 1 amide bonds. The number of hydrogen-bond acceptors (Lipinski definition) is 2. The minimum absolute atomic E-state index is 0.0668. The van der Waals surface area contributed by atoms with Gasteiger partial charge in [0, 0.05) is 24.0 Å². The molecule has 1 aromatic carbocycles. The highest BCUT2D eigenvalue weighted by Crippen LogP contribution is 2.23. The number of hydrogen-bond donors (Lipinski definition) is 2. The number of carbonyl (C=O) groups excluding carboxylic acids is 1. The van der Waals surface area contributed by atoms with Crippen molar-refractivity contribution in [3.05, 3.63) is 59.9 Å². The van der Waals surface area contributed by atoms with E-state index in [2.05, 4.69) is 5.32 Å². The minimum Gasteiger partial charge on any atom is -0.383 e. The van der Waals surface area contributed by atoms with E-state index < -0.39 is 23.3 Å². The Morgan fingerprint density at radius 2 is 2.00 bits per heavy atom. The summed E-state index contributed by atoms with van der Waals surface area (Å²) in [6.07, 6.45) is 3.50. The van der Waals surface area contributed by atoms with Crippen molar-refractivity contribution in [3.8, 4) is 0 Å². The molecule has 1 aromatic heterocycles. The van der Waals surface area contributed by atoms with Crippen LogP contribution in [0.3, 0.4) is 0 Å². The van der Waals surface area contributed by atoms with Crippen molar-refractivity contribution >= 4 is 5.91 Å². The van der Waals surface area contributed by atoms with E-state index in [1.165, 1.54) is 13.0 Å². The highest BCUT2D eigenvalue weighted by molar-refractivity contribution is 5.80. The Morgan fingerprint density at radius 1 is 1.36 bits per heavy atom. The van der Waals surface area contributed by atoms with Crippen LogP contribution in [0.2, 0.25) is 0 Å². The zero-order valence-corrected chi connectivity index (χ0v) is 12.4. The first-order chi connectivity index (χ1) is 10.3. The van der Waals surface area contributed by atoms with Crippen LogP contribution >= 0.6 is 0 Å². The lowest BCUT2D eigenvalue weighted by molar-refractivity contribution is -0.125. The zero-order valence-electron chi connectivity index (χ0n) is 12.4. The predicted molar refractivity (Wildman–Crippen MR) is 78.1 cm³/mol. The molecule has 0 spiro atoms. The number of carbonyl (C=O) groups is 1. The van der Waals surface area contributed by atoms with Crippen LogP contribution in [-0.4, -0.2) is 22.1 Å². The number of aliphatic hydroxyl groups is 1. The number of aromatic nitrogens is 1. The van der Waals surface area contributed by atoms with Crippen LogP contribution in [0.15, 0.2) is 42.7 Å². The summed E-state index contributed by atoms with van der Waals surface area (Å²) in [5.41, 5.74) is -1.70. The van der Waals surface area contributed by atoms with E-state index in [0.717, 1.165) is 6.07 Å². The second kappa shape index (κ2) is 6.27. The standard InChI is InChI=1S/C16H18F2N2O2/c1-11(20-7-3-4-8-20)15(21)19-10-16(2,22)13-6-5-12(17)9-14(13)18/h3-9,11,22H,10H2,1-2H3,(H,19,21). The normalized spacial score (nSPS) is 15.1. The van der Waals surface area contributed by atoms with Crippen LogP contribution in [0.1, 0.15) is 25.5 Å². The molecule has 0 aliphatic heterocycles. The Morgan fingerprint density at radius 3 is 2.59 bits per heavy atom. The topological polar surface area (TPSA) is 54.3 Å². The molecule has 0 saturated carbocycles. The summed E-state index contributed by atoms with van der Waals surface area (Å²) in [5.74, 6) is -1.88. The quantitative estimate of drug-likeness (QED) is 0.891. The molecule has 0 aliphatic carbocycles. The summed E-state index contributed by atoms with van der Waals surface area (Å²) in [6.45, 7) is 2.90. The molecule has 0 aliphatic rings. The van der Waals surface area contributed by atoms with Crippen molar-refractivity contribution < 1.29 is 18.7 Å². The first-order valence-electron chi connectivity index (χ1n) is 6.89. The smallest absolute Gasteiger partial charge is 0.242 e. The zero-order chi connectivity index (χ0) is 16.3. The van der Waals surface area contributed by atoms with E-state index in [-0.39, 0.29) is 18.0 Å². The summed E-state index contributed by atoms with van der Waals surface area (Å²) < 4.78 is 28.4. The van der Waals surface area contributed by atoms with Gasteiger partial charge in [0.1, 0.15) is 23.3 Å². The van der Waals surface area contributed by atoms with E-state index in [1.54, 1.807) is 36.0 Å². The SMILES string of the molecule is CC(C(=O)NCC(C)(O)c1ccc(F)cc1F)n1cccc1. The molecule has 22 heavy (non-hydrogen) atoms. The van der Waals surface area contributed by atoms with Crippen molar-refractivity contribution in [3.63, 3.8) is 0 Å². The maximum atomic E-state index is 13.7. The van der Waals surface area contributed by atoms with Gasteiger partial charge in [0.05, 0.1) is 6.54 Å². The lowest BCUT2D eigenvalue weighted by Crippen LogP contribution is -2.41. The molecule has 2 N–H and O–H groups in total. The Hall–Kier alpha value is -2.21. The average Bonchev–Trinajstić information content (AvgIpc) is 2.97. The highest BCUT2D eigenvalue weighted by atomic mass is 19.1. The molecular formula is C16H18F2N2O2. The summed E-state index contributed by atoms with van der Waals surface area (Å²) in [4.78, 5) is 12.1. The van der Waals surface area contributed by atoms with Gasteiger partial charge < -0.3 is 15.0 Å². The van der Waals surface area contributed by atoms with Crippen molar-refractivity contribution in [1.82, 2.24) is 9.88 Å². The molecule has 0 saturated heterocycles. The number of amides is 1. The van der Waals surface area contributed by atoms with Gasteiger partial charge in [-0.15, -0.1) is 0 Å². The minimum atomic E-state index is -1.64. The molecule has 4 nitrogen and oxygen atoms in total. The summed E-state index contributed by atoms with van der Waals surface area (Å²) >= 11 is 0. The molecule has 2 atom stereocenters. The van der Waals surface area contributed by atoms with Crippen LogP contribution in [-0.2, 0) is 10.4 Å². The van der Waals surface area contributed by atoms with Crippen molar-refractivity contribution in [1.29, 1.82) is 0 Å². The second-order valence-corrected chi connectivity index (χ2v) is 5.42. The van der Waals surface area contributed by atoms with Gasteiger partial charge in [-0.25, -0.2) is 8.78 Å². The molecule has 6 heteroatoms. The van der Waals surface area contributed by atoms with Crippen molar-refractivity contribution in [2.24, 2.45) is 0 Å². The summed E-state index contributed by atoms with van der Waals surface area (Å²) in [5, 5.41) is 12.9. The third-order valence-electron chi connectivity index (χ3n) is 3.57. The molecule has 2 rings (SSSR count). The lowest BCUT2D eigenvalue weighted by atomic mass is 9.95. The van der Waals surface area contributed by atoms with Crippen LogP contribution in [0.5, 0.6) is 0 Å². The Balaban J connectivity index is 2.04. The van der Waals surface area contributed by atoms with Gasteiger partial charge in [-0.2, -0.15) is 0 Å². The van der Waals surface area contributed by atoms with E-state index in [1.807, 2.05) is 0 Å². The van der Waals surface area contributed by atoms with Crippen molar-refractivity contribution in [2.45, 2.75) is 25.5 Å². The van der Waals surface area contributed by atoms with Gasteiger partial charge in [0.25, 0.3) is 0 Å². The lowest BCUT2D eigenvalue weighted by Gasteiger charge is -2.25. The Bertz CT molecular complexity index is 654. The average molecular weight is 308 g/mol. The number of nitrogens with one attached hydrogen (secondary N) is 1. The van der Waals surface area contributed by atoms with Gasteiger partial charge in [0.2, 0.25) is 5.91 Å². The fourth-order valence-electron chi connectivity index (χ4n) is 2.17. The monoisotopic (exact) mass is 308 g/mol. The fourth-order valence-corrected chi connectivity index (χ4v) is 2.17. The molecule has 2 unspecified atom stereocenters. The second-order valence-electron chi connectivity index (χ2n) is 5.42. The maximum Gasteiger partial charge on any atom is 0.242 e.